The van der Waals surface area contributed by atoms with Crippen molar-refractivity contribution in [3.05, 3.63) is 22.5 Å². The summed E-state index contributed by atoms with van der Waals surface area (Å²) in [6.45, 7) is 7.62. The van der Waals surface area contributed by atoms with E-state index in [1.54, 1.807) is 27.7 Å². The maximum Gasteiger partial charge on any atom is 0.340 e. The summed E-state index contributed by atoms with van der Waals surface area (Å²) < 4.78 is 10.6. The molecule has 2 rings (SSSR count). The quantitative estimate of drug-likeness (QED) is 0.641. The minimum atomic E-state index is -0.443. The van der Waals surface area contributed by atoms with Crippen LogP contribution in [0.3, 0.4) is 0 Å². The number of nitrogens with one attached hydrogen (secondary N) is 2. The first kappa shape index (κ1) is 17.5. The topological polar surface area (TPSA) is 89.7 Å². The third-order valence-corrected chi connectivity index (χ3v) is 3.63. The second kappa shape index (κ2) is 7.61. The van der Waals surface area contributed by atoms with Gasteiger partial charge in [-0.15, -0.1) is 0 Å². The van der Waals surface area contributed by atoms with Crippen molar-refractivity contribution in [2.75, 3.05) is 6.61 Å². The lowest BCUT2D eigenvalue weighted by molar-refractivity contribution is -0.186. The maximum atomic E-state index is 12.2. The summed E-state index contributed by atoms with van der Waals surface area (Å²) in [5, 5.41) is 0. The Kier molecular flexibility index (Phi) is 5.79. The van der Waals surface area contributed by atoms with Gasteiger partial charge in [-0.1, -0.05) is 0 Å². The lowest BCUT2D eigenvalue weighted by atomic mass is 10.1. The monoisotopic (exact) mass is 324 g/mol. The van der Waals surface area contributed by atoms with Crippen molar-refractivity contribution >= 4 is 11.9 Å². The Morgan fingerprint density at radius 2 is 2.04 bits per heavy atom. The highest BCUT2D eigenvalue weighted by atomic mass is 16.8. The summed E-state index contributed by atoms with van der Waals surface area (Å²) >= 11 is 0. The van der Waals surface area contributed by atoms with E-state index in [1.165, 1.54) is 0 Å². The number of aromatic nitrogens is 1. The zero-order valence-electron chi connectivity index (χ0n) is 14.0. The SMILES string of the molecule is Cc1[nH]c(C(=O)NOC2CCCCO2)c(C)c1C(=O)OC(C)C. The van der Waals surface area contributed by atoms with Gasteiger partial charge >= 0.3 is 5.97 Å². The number of hydrogen-bond acceptors (Lipinski definition) is 5. The van der Waals surface area contributed by atoms with E-state index in [9.17, 15) is 9.59 Å². The van der Waals surface area contributed by atoms with Gasteiger partial charge in [-0.05, 0) is 46.1 Å². The number of carbonyl (C=O) groups excluding carboxylic acids is 2. The number of ether oxygens (including phenoxy) is 2. The van der Waals surface area contributed by atoms with E-state index in [0.717, 1.165) is 19.3 Å². The second-order valence-electron chi connectivity index (χ2n) is 5.92. The van der Waals surface area contributed by atoms with E-state index < -0.39 is 18.2 Å². The largest absolute Gasteiger partial charge is 0.459 e. The van der Waals surface area contributed by atoms with Crippen molar-refractivity contribution in [3.63, 3.8) is 0 Å². The number of amides is 1. The molecule has 0 aliphatic carbocycles. The van der Waals surface area contributed by atoms with Crippen LogP contribution in [0.1, 0.15) is 65.2 Å². The molecule has 128 valence electrons. The van der Waals surface area contributed by atoms with Crippen molar-refractivity contribution in [2.24, 2.45) is 0 Å². The third kappa shape index (κ3) is 4.33. The van der Waals surface area contributed by atoms with Gasteiger partial charge in [0, 0.05) is 18.7 Å². The molecule has 0 aromatic carbocycles. The summed E-state index contributed by atoms with van der Waals surface area (Å²) in [7, 11) is 0. The van der Waals surface area contributed by atoms with Gasteiger partial charge in [0.25, 0.3) is 5.91 Å². The Balaban J connectivity index is 2.04. The highest BCUT2D eigenvalue weighted by Crippen LogP contribution is 2.20. The fourth-order valence-corrected chi connectivity index (χ4v) is 2.53. The number of H-pyrrole nitrogens is 1. The van der Waals surface area contributed by atoms with E-state index in [-0.39, 0.29) is 11.8 Å². The van der Waals surface area contributed by atoms with Crippen LogP contribution in [0.2, 0.25) is 0 Å². The standard InChI is InChI=1S/C16H24N2O5/c1-9(2)22-16(20)13-10(3)14(17-11(13)4)15(19)18-23-12-7-5-6-8-21-12/h9,12,17H,5-8H2,1-4H3,(H,18,19). The molecule has 1 unspecified atom stereocenters. The van der Waals surface area contributed by atoms with Crippen molar-refractivity contribution < 1.29 is 23.9 Å². The molecule has 1 aromatic heterocycles. The van der Waals surface area contributed by atoms with Crippen LogP contribution in [0.5, 0.6) is 0 Å². The lowest BCUT2D eigenvalue weighted by Gasteiger charge is -2.22. The molecule has 7 heteroatoms. The molecule has 0 radical (unpaired) electrons. The van der Waals surface area contributed by atoms with Gasteiger partial charge in [0.1, 0.15) is 5.69 Å². The first-order valence-electron chi connectivity index (χ1n) is 7.88. The first-order valence-corrected chi connectivity index (χ1v) is 7.88. The predicted octanol–water partition coefficient (Wildman–Crippen LogP) is 2.38. The Morgan fingerprint density at radius 1 is 1.30 bits per heavy atom. The molecule has 1 atom stereocenters. The number of hydrogen-bond donors (Lipinski definition) is 2. The molecular weight excluding hydrogens is 300 g/mol. The minimum absolute atomic E-state index is 0.222. The number of aryl methyl sites for hydroxylation is 1. The van der Waals surface area contributed by atoms with Crippen molar-refractivity contribution in [3.8, 4) is 0 Å². The fraction of sp³-hybridized carbons (Fsp3) is 0.625. The van der Waals surface area contributed by atoms with Crippen LogP contribution in [0, 0.1) is 13.8 Å². The summed E-state index contributed by atoms with van der Waals surface area (Å²) in [6.07, 6.45) is 2.11. The Morgan fingerprint density at radius 3 is 2.65 bits per heavy atom. The summed E-state index contributed by atoms with van der Waals surface area (Å²) in [5.41, 5.74) is 4.19. The van der Waals surface area contributed by atoms with Crippen LogP contribution in [-0.4, -0.2) is 35.9 Å². The van der Waals surface area contributed by atoms with Crippen LogP contribution < -0.4 is 5.48 Å². The molecule has 0 bridgehead atoms. The van der Waals surface area contributed by atoms with E-state index in [2.05, 4.69) is 10.5 Å². The zero-order valence-corrected chi connectivity index (χ0v) is 14.0. The lowest BCUT2D eigenvalue weighted by Crippen LogP contribution is -2.33. The number of rotatable bonds is 5. The van der Waals surface area contributed by atoms with Gasteiger partial charge in [0.05, 0.1) is 11.7 Å². The molecular formula is C16H24N2O5. The van der Waals surface area contributed by atoms with Gasteiger partial charge in [-0.25, -0.2) is 15.1 Å². The van der Waals surface area contributed by atoms with Gasteiger partial charge in [0.15, 0.2) is 6.29 Å². The second-order valence-corrected chi connectivity index (χ2v) is 5.92. The van der Waals surface area contributed by atoms with E-state index in [0.29, 0.717) is 23.4 Å². The molecule has 1 aromatic rings. The molecule has 1 aliphatic rings. The zero-order chi connectivity index (χ0) is 17.0. The van der Waals surface area contributed by atoms with Gasteiger partial charge in [-0.3, -0.25) is 4.79 Å². The average molecular weight is 324 g/mol. The van der Waals surface area contributed by atoms with Crippen molar-refractivity contribution in [1.29, 1.82) is 0 Å². The van der Waals surface area contributed by atoms with Crippen molar-refractivity contribution in [1.82, 2.24) is 10.5 Å². The van der Waals surface area contributed by atoms with Crippen LogP contribution in [0.25, 0.3) is 0 Å². The van der Waals surface area contributed by atoms with Gasteiger partial charge in [-0.2, -0.15) is 0 Å². The molecule has 1 amide bonds. The summed E-state index contributed by atoms with van der Waals surface area (Å²) in [6, 6.07) is 0. The molecule has 1 saturated heterocycles. The molecule has 23 heavy (non-hydrogen) atoms. The number of hydroxylamine groups is 1. The maximum absolute atomic E-state index is 12.2. The Hall–Kier alpha value is -1.86. The first-order chi connectivity index (χ1) is 10.9. The van der Waals surface area contributed by atoms with E-state index in [4.69, 9.17) is 14.3 Å². The normalized spacial score (nSPS) is 18.0. The minimum Gasteiger partial charge on any atom is -0.459 e. The van der Waals surface area contributed by atoms with Crippen molar-refractivity contribution in [2.45, 2.75) is 59.4 Å². The third-order valence-electron chi connectivity index (χ3n) is 3.63. The summed E-state index contributed by atoms with van der Waals surface area (Å²) in [4.78, 5) is 32.5. The molecule has 2 N–H and O–H groups in total. The average Bonchev–Trinajstić information content (AvgIpc) is 2.80. The fourth-order valence-electron chi connectivity index (χ4n) is 2.53. The van der Waals surface area contributed by atoms with E-state index >= 15 is 0 Å². The van der Waals surface area contributed by atoms with Crippen LogP contribution in [0.4, 0.5) is 0 Å². The highest BCUT2D eigenvalue weighted by molar-refractivity contribution is 6.00. The molecule has 0 saturated carbocycles. The Bertz CT molecular complexity index is 573. The van der Waals surface area contributed by atoms with Gasteiger partial charge in [0.2, 0.25) is 0 Å². The molecule has 0 spiro atoms. The predicted molar refractivity (Wildman–Crippen MR) is 83.0 cm³/mol. The van der Waals surface area contributed by atoms with Crippen LogP contribution >= 0.6 is 0 Å². The molecule has 2 heterocycles. The van der Waals surface area contributed by atoms with E-state index in [1.807, 2.05) is 0 Å². The van der Waals surface area contributed by atoms with Gasteiger partial charge < -0.3 is 14.5 Å². The smallest absolute Gasteiger partial charge is 0.340 e. The highest BCUT2D eigenvalue weighted by Gasteiger charge is 2.24. The number of carbonyl (C=O) groups is 2. The van der Waals surface area contributed by atoms with Crippen LogP contribution in [-0.2, 0) is 14.3 Å². The number of esters is 1. The Labute approximate surface area is 135 Å². The number of aromatic amines is 1. The molecule has 1 fully saturated rings. The van der Waals surface area contributed by atoms with Crippen LogP contribution in [0.15, 0.2) is 0 Å². The summed E-state index contributed by atoms with van der Waals surface area (Å²) in [5.74, 6) is -0.884. The molecule has 1 aliphatic heterocycles. The molecule has 7 nitrogen and oxygen atoms in total.